The molecule has 2 bridgehead atoms. The lowest BCUT2D eigenvalue weighted by molar-refractivity contribution is -0.159. The van der Waals surface area contributed by atoms with E-state index in [0.717, 1.165) is 46.6 Å². The highest BCUT2D eigenvalue weighted by Crippen LogP contribution is 2.37. The number of nitrogens with zero attached hydrogens (tertiary/aromatic N) is 7. The van der Waals surface area contributed by atoms with Crippen LogP contribution in [-0.4, -0.2) is 114 Å². The first-order valence-electron chi connectivity index (χ1n) is 17.0. The molecule has 2 N–H and O–H groups in total. The third-order valence-corrected chi connectivity index (χ3v) is 9.53. The molecule has 2 aliphatic rings. The Bertz CT molecular complexity index is 2130. The molecule has 3 aromatic rings. The van der Waals surface area contributed by atoms with Crippen molar-refractivity contribution in [3.8, 4) is 0 Å². The summed E-state index contributed by atoms with van der Waals surface area (Å²) in [6, 6.07) is 10.7. The van der Waals surface area contributed by atoms with Gasteiger partial charge in [0.25, 0.3) is 10.1 Å². The topological polar surface area (TPSA) is 244 Å². The van der Waals surface area contributed by atoms with Gasteiger partial charge >= 0.3 is 34.7 Å². The number of aliphatic carboxylic acids is 2. The van der Waals surface area contributed by atoms with E-state index in [2.05, 4.69) is 31.2 Å². The lowest BCUT2D eigenvalue weighted by Crippen LogP contribution is -2.50. The summed E-state index contributed by atoms with van der Waals surface area (Å²) in [4.78, 5) is 75.3. The van der Waals surface area contributed by atoms with Crippen molar-refractivity contribution < 1.29 is 45.9 Å². The molecule has 0 amide bonds. The number of hydrogen-bond acceptors (Lipinski definition) is 13. The minimum absolute atomic E-state index is 0.188. The standard InChI is InChI=1S/C22H29FN4O3.C9H14FN3O5S.C2H2O4/c1-15-24-21(28)27(22(29)25(15)2)13-17(23)12-26-18-8-9-19(26)11-20(10-18)30-14-16-6-4-3-5-7-16;1-6-11-8(14)13(9(15)12(6)2)4-7(10)5-18-19(3,16)17;3-1(4)2(5)6/h3-7,17-20H,8-14H2,1-2H3;7H,4-5H2,1-3H3;(H,3,4)(H,5,6). The molecule has 1 aromatic carbocycles. The maximum absolute atomic E-state index is 14.9. The number of piperidine rings is 1. The monoisotopic (exact) mass is 801 g/mol. The van der Waals surface area contributed by atoms with Gasteiger partial charge in [-0.3, -0.25) is 18.2 Å². The number of aryl methyl sites for hydroxylation is 2. The summed E-state index contributed by atoms with van der Waals surface area (Å²) in [6.07, 6.45) is 1.71. The third kappa shape index (κ3) is 13.1. The molecule has 2 saturated heterocycles. The molecule has 19 nitrogen and oxygen atoms in total. The number of carbonyl (C=O) groups is 2. The van der Waals surface area contributed by atoms with Crippen molar-refractivity contribution in [2.75, 3.05) is 19.4 Å². The van der Waals surface area contributed by atoms with E-state index in [1.165, 1.54) is 25.6 Å². The highest BCUT2D eigenvalue weighted by Gasteiger charge is 2.42. The van der Waals surface area contributed by atoms with E-state index >= 15 is 0 Å². The Hall–Kier alpha value is -4.93. The molecule has 5 rings (SSSR count). The Morgan fingerprint density at radius 3 is 1.71 bits per heavy atom. The molecule has 2 aromatic heterocycles. The van der Waals surface area contributed by atoms with Gasteiger partial charge in [-0.15, -0.1) is 0 Å². The fourth-order valence-electron chi connectivity index (χ4n) is 6.04. The summed E-state index contributed by atoms with van der Waals surface area (Å²) in [5.74, 6) is -3.12. The second-order valence-electron chi connectivity index (χ2n) is 13.1. The highest BCUT2D eigenvalue weighted by atomic mass is 32.2. The molecule has 4 unspecified atom stereocenters. The van der Waals surface area contributed by atoms with Crippen LogP contribution < -0.4 is 22.8 Å². The van der Waals surface area contributed by atoms with Crippen LogP contribution in [0.4, 0.5) is 8.78 Å². The van der Waals surface area contributed by atoms with Crippen LogP contribution in [0.25, 0.3) is 0 Å². The number of aromatic nitrogens is 6. The highest BCUT2D eigenvalue weighted by molar-refractivity contribution is 7.85. The van der Waals surface area contributed by atoms with Crippen molar-refractivity contribution in [3.63, 3.8) is 0 Å². The van der Waals surface area contributed by atoms with Gasteiger partial charge in [0.05, 0.1) is 38.7 Å². The van der Waals surface area contributed by atoms with E-state index in [4.69, 9.17) is 24.5 Å². The van der Waals surface area contributed by atoms with Crippen LogP contribution in [-0.2, 0) is 62.4 Å². The SMILES string of the molecule is Cc1nc(=O)n(CC(F)CN2C3CCC2CC(OCc2ccccc2)C3)c(=O)n1C.Cc1nc(=O)n(CC(F)COS(C)(=O)=O)c(=O)n1C.O=C(O)C(=O)O. The number of rotatable bonds is 12. The number of ether oxygens (including phenoxy) is 1. The van der Waals surface area contributed by atoms with Gasteiger partial charge in [0, 0.05) is 32.7 Å². The summed E-state index contributed by atoms with van der Waals surface area (Å²) < 4.78 is 64.0. The van der Waals surface area contributed by atoms with E-state index in [1.807, 2.05) is 18.2 Å². The maximum Gasteiger partial charge on any atom is 0.414 e. The molecule has 22 heteroatoms. The Morgan fingerprint density at radius 2 is 1.27 bits per heavy atom. The number of halogens is 2. The molecular formula is C33H45F2N7O12S. The molecule has 0 radical (unpaired) electrons. The van der Waals surface area contributed by atoms with Gasteiger partial charge in [-0.1, -0.05) is 30.3 Å². The molecule has 2 fully saturated rings. The molecule has 304 valence electrons. The quantitative estimate of drug-likeness (QED) is 0.174. The zero-order chi connectivity index (χ0) is 41.2. The van der Waals surface area contributed by atoms with Crippen molar-refractivity contribution in [1.82, 2.24) is 33.1 Å². The van der Waals surface area contributed by atoms with Crippen LogP contribution in [0.15, 0.2) is 49.5 Å². The van der Waals surface area contributed by atoms with Crippen molar-refractivity contribution in [2.45, 2.75) is 89.8 Å². The van der Waals surface area contributed by atoms with Crippen molar-refractivity contribution >= 4 is 22.1 Å². The molecule has 0 spiro atoms. The zero-order valence-corrected chi connectivity index (χ0v) is 31.7. The third-order valence-electron chi connectivity index (χ3n) is 8.97. The Kier molecular flexibility index (Phi) is 15.8. The number of hydrogen-bond donors (Lipinski definition) is 2. The zero-order valence-electron chi connectivity index (χ0n) is 30.9. The van der Waals surface area contributed by atoms with Gasteiger partial charge < -0.3 is 14.9 Å². The summed E-state index contributed by atoms with van der Waals surface area (Å²) in [5, 5.41) is 14.8. The number of alkyl halides is 2. The minimum Gasteiger partial charge on any atom is -0.473 e. The molecule has 0 saturated carbocycles. The van der Waals surface area contributed by atoms with Crippen LogP contribution in [0.2, 0.25) is 0 Å². The first-order chi connectivity index (χ1) is 25.7. The predicted octanol–water partition coefficient (Wildman–Crippen LogP) is -0.479. The van der Waals surface area contributed by atoms with Crippen LogP contribution >= 0.6 is 0 Å². The largest absolute Gasteiger partial charge is 0.473 e. The molecular weight excluding hydrogens is 756 g/mol. The van der Waals surface area contributed by atoms with E-state index in [9.17, 15) is 36.4 Å². The minimum atomic E-state index is -3.77. The first-order valence-corrected chi connectivity index (χ1v) is 18.8. The molecule has 55 heavy (non-hydrogen) atoms. The second kappa shape index (κ2) is 19.6. The fourth-order valence-corrected chi connectivity index (χ4v) is 6.44. The summed E-state index contributed by atoms with van der Waals surface area (Å²) in [5.41, 5.74) is -1.66. The smallest absolute Gasteiger partial charge is 0.414 e. The molecule has 0 aliphatic carbocycles. The van der Waals surface area contributed by atoms with E-state index in [1.54, 1.807) is 6.92 Å². The van der Waals surface area contributed by atoms with Gasteiger partial charge in [0.2, 0.25) is 0 Å². The number of carboxylic acids is 2. The van der Waals surface area contributed by atoms with Gasteiger partial charge in [-0.2, -0.15) is 18.4 Å². The van der Waals surface area contributed by atoms with Crippen molar-refractivity contribution in [2.24, 2.45) is 14.1 Å². The lowest BCUT2D eigenvalue weighted by atomic mass is 9.99. The van der Waals surface area contributed by atoms with E-state index in [0.29, 0.717) is 29.1 Å². The van der Waals surface area contributed by atoms with E-state index < -0.39 is 70.3 Å². The molecule has 2 aliphatic heterocycles. The number of benzene rings is 1. The Balaban J connectivity index is 0.000000278. The van der Waals surface area contributed by atoms with Gasteiger partial charge in [-0.05, 0) is 45.1 Å². The van der Waals surface area contributed by atoms with Crippen LogP contribution in [0.5, 0.6) is 0 Å². The lowest BCUT2D eigenvalue weighted by Gasteiger charge is -2.39. The average Bonchev–Trinajstić information content (AvgIpc) is 3.33. The van der Waals surface area contributed by atoms with Crippen molar-refractivity contribution in [1.29, 1.82) is 0 Å². The first kappa shape index (κ1) is 44.5. The van der Waals surface area contributed by atoms with Gasteiger partial charge in [0.15, 0.2) is 0 Å². The molecule has 4 atom stereocenters. The van der Waals surface area contributed by atoms with Crippen LogP contribution in [0.1, 0.15) is 42.9 Å². The number of carboxylic acid groups (broad SMARTS) is 2. The Labute approximate surface area is 313 Å². The number of fused-ring (bicyclic) bond motifs is 2. The molecule has 4 heterocycles. The summed E-state index contributed by atoms with van der Waals surface area (Å²) in [6.45, 7) is 2.24. The predicted molar refractivity (Wildman–Crippen MR) is 191 cm³/mol. The fraction of sp³-hybridized carbons (Fsp3) is 0.576. The van der Waals surface area contributed by atoms with E-state index in [-0.39, 0.29) is 25.0 Å². The summed E-state index contributed by atoms with van der Waals surface area (Å²) >= 11 is 0. The summed E-state index contributed by atoms with van der Waals surface area (Å²) in [7, 11) is -0.847. The van der Waals surface area contributed by atoms with Crippen molar-refractivity contribution in [3.05, 3.63) is 89.5 Å². The van der Waals surface area contributed by atoms with Gasteiger partial charge in [0.1, 0.15) is 24.0 Å². The Morgan fingerprint density at radius 1 is 0.818 bits per heavy atom. The van der Waals surface area contributed by atoms with Crippen LogP contribution in [0.3, 0.4) is 0 Å². The average molecular weight is 802 g/mol. The second-order valence-corrected chi connectivity index (χ2v) is 14.7. The van der Waals surface area contributed by atoms with Gasteiger partial charge in [-0.25, -0.2) is 46.7 Å². The maximum atomic E-state index is 14.9. The normalized spacial score (nSPS) is 19.0. The van der Waals surface area contributed by atoms with Crippen LogP contribution in [0, 0.1) is 13.8 Å².